The molecule has 0 N–H and O–H groups in total. The van der Waals surface area contributed by atoms with E-state index < -0.39 is 0 Å². The van der Waals surface area contributed by atoms with Crippen LogP contribution in [0.1, 0.15) is 42.5 Å². The molecular weight excluding hydrogens is 354 g/mol. The van der Waals surface area contributed by atoms with Crippen LogP contribution in [0.2, 0.25) is 0 Å². The van der Waals surface area contributed by atoms with Crippen LogP contribution in [0.5, 0.6) is 0 Å². The van der Waals surface area contributed by atoms with E-state index in [1.54, 1.807) is 24.8 Å². The highest BCUT2D eigenvalue weighted by Gasteiger charge is 2.38. The highest BCUT2D eigenvalue weighted by molar-refractivity contribution is 5.93. The maximum atomic E-state index is 12.9. The lowest BCUT2D eigenvalue weighted by molar-refractivity contribution is -0.129. The fourth-order valence-corrected chi connectivity index (χ4v) is 4.17. The molecule has 7 heteroatoms. The highest BCUT2D eigenvalue weighted by atomic mass is 16.2. The fourth-order valence-electron chi connectivity index (χ4n) is 4.17. The predicted molar refractivity (Wildman–Crippen MR) is 104 cm³/mol. The summed E-state index contributed by atoms with van der Waals surface area (Å²) in [4.78, 5) is 41.3. The van der Waals surface area contributed by atoms with Gasteiger partial charge in [-0.25, -0.2) is 9.97 Å². The lowest BCUT2D eigenvalue weighted by Crippen LogP contribution is -2.43. The average Bonchev–Trinajstić information content (AvgIpc) is 2.89. The van der Waals surface area contributed by atoms with E-state index in [4.69, 9.17) is 0 Å². The molecule has 7 nitrogen and oxygen atoms in total. The molecule has 0 aromatic carbocycles. The van der Waals surface area contributed by atoms with Gasteiger partial charge in [-0.15, -0.1) is 0 Å². The molecule has 0 radical (unpaired) electrons. The summed E-state index contributed by atoms with van der Waals surface area (Å²) in [5.74, 6) is 0.783. The number of carbonyl (C=O) groups is 2. The summed E-state index contributed by atoms with van der Waals surface area (Å²) in [6.07, 6.45) is 11.1. The molecule has 0 aliphatic carbocycles. The van der Waals surface area contributed by atoms with Gasteiger partial charge in [0, 0.05) is 63.5 Å². The summed E-state index contributed by atoms with van der Waals surface area (Å²) in [7, 11) is 1.88. The molecule has 28 heavy (non-hydrogen) atoms. The van der Waals surface area contributed by atoms with Crippen LogP contribution in [0.15, 0.2) is 36.9 Å². The van der Waals surface area contributed by atoms with Gasteiger partial charge in [0.05, 0.1) is 5.56 Å². The second-order valence-corrected chi connectivity index (χ2v) is 7.89. The van der Waals surface area contributed by atoms with E-state index in [1.165, 1.54) is 0 Å². The number of piperidine rings is 1. The van der Waals surface area contributed by atoms with Crippen molar-refractivity contribution in [2.45, 2.75) is 32.1 Å². The van der Waals surface area contributed by atoms with Crippen LogP contribution in [0.25, 0.3) is 11.4 Å². The van der Waals surface area contributed by atoms with Gasteiger partial charge in [0.2, 0.25) is 5.91 Å². The molecule has 0 atom stereocenters. The van der Waals surface area contributed by atoms with Crippen LogP contribution < -0.4 is 0 Å². The van der Waals surface area contributed by atoms with Crippen molar-refractivity contribution < 1.29 is 9.59 Å². The monoisotopic (exact) mass is 379 g/mol. The summed E-state index contributed by atoms with van der Waals surface area (Å²) in [5, 5.41) is 0. The van der Waals surface area contributed by atoms with Crippen molar-refractivity contribution in [2.24, 2.45) is 5.41 Å². The van der Waals surface area contributed by atoms with Gasteiger partial charge in [-0.2, -0.15) is 0 Å². The molecule has 2 aromatic heterocycles. The van der Waals surface area contributed by atoms with Crippen molar-refractivity contribution in [1.82, 2.24) is 24.8 Å². The van der Waals surface area contributed by atoms with Gasteiger partial charge in [0.15, 0.2) is 5.82 Å². The Morgan fingerprint density at radius 2 is 1.75 bits per heavy atom. The van der Waals surface area contributed by atoms with Crippen molar-refractivity contribution >= 4 is 11.8 Å². The highest BCUT2D eigenvalue weighted by Crippen LogP contribution is 2.41. The van der Waals surface area contributed by atoms with Crippen molar-refractivity contribution in [3.63, 3.8) is 0 Å². The fraction of sp³-hybridized carbons (Fsp3) is 0.476. The van der Waals surface area contributed by atoms with Gasteiger partial charge in [0.1, 0.15) is 0 Å². The maximum Gasteiger partial charge on any atom is 0.256 e. The summed E-state index contributed by atoms with van der Waals surface area (Å²) >= 11 is 0. The van der Waals surface area contributed by atoms with E-state index in [2.05, 4.69) is 15.0 Å². The van der Waals surface area contributed by atoms with Crippen LogP contribution in [0.3, 0.4) is 0 Å². The number of nitrogens with zero attached hydrogens (tertiary/aromatic N) is 5. The Balaban J connectivity index is 1.39. The number of carbonyl (C=O) groups excluding carboxylic acids is 2. The first-order valence-electron chi connectivity index (χ1n) is 9.82. The van der Waals surface area contributed by atoms with Crippen LogP contribution >= 0.6 is 0 Å². The third-order valence-corrected chi connectivity index (χ3v) is 6.20. The van der Waals surface area contributed by atoms with Crippen molar-refractivity contribution in [3.8, 4) is 11.4 Å². The standard InChI is InChI=1S/C21H25N5O2/c1-25-10-6-21(5-4-18(25)27)7-11-26(12-8-21)20(28)17-14-23-19(24-15-17)16-3-2-9-22-13-16/h2-3,9,13-15H,4-8,10-12H2,1H3. The van der Waals surface area contributed by atoms with Gasteiger partial charge in [-0.1, -0.05) is 0 Å². The molecule has 2 aliphatic heterocycles. The van der Waals surface area contributed by atoms with E-state index in [1.807, 2.05) is 29.0 Å². The van der Waals surface area contributed by atoms with Crippen molar-refractivity contribution in [1.29, 1.82) is 0 Å². The lowest BCUT2D eigenvalue weighted by atomic mass is 9.73. The van der Waals surface area contributed by atoms with E-state index in [-0.39, 0.29) is 17.2 Å². The Labute approximate surface area is 164 Å². The molecule has 0 bridgehead atoms. The number of amides is 2. The molecular formula is C21H25N5O2. The maximum absolute atomic E-state index is 12.9. The average molecular weight is 379 g/mol. The smallest absolute Gasteiger partial charge is 0.256 e. The van der Waals surface area contributed by atoms with E-state index in [9.17, 15) is 9.59 Å². The van der Waals surface area contributed by atoms with Gasteiger partial charge >= 0.3 is 0 Å². The summed E-state index contributed by atoms with van der Waals surface area (Å²) in [6.45, 7) is 2.26. The Morgan fingerprint density at radius 3 is 2.43 bits per heavy atom. The van der Waals surface area contributed by atoms with E-state index >= 15 is 0 Å². The van der Waals surface area contributed by atoms with Gasteiger partial charge in [-0.3, -0.25) is 14.6 Å². The Bertz CT molecular complexity index is 845. The molecule has 2 aliphatic rings. The number of rotatable bonds is 2. The first kappa shape index (κ1) is 18.5. The minimum absolute atomic E-state index is 0.0191. The molecule has 2 fully saturated rings. The van der Waals surface area contributed by atoms with Gasteiger partial charge in [-0.05, 0) is 43.2 Å². The number of hydrogen-bond acceptors (Lipinski definition) is 5. The summed E-state index contributed by atoms with van der Waals surface area (Å²) < 4.78 is 0. The second kappa shape index (κ2) is 7.66. The molecule has 1 spiro atoms. The SMILES string of the molecule is CN1CCC2(CCC1=O)CCN(C(=O)c1cnc(-c3cccnc3)nc1)CC2. The topological polar surface area (TPSA) is 79.3 Å². The third kappa shape index (κ3) is 3.74. The van der Waals surface area contributed by atoms with Crippen molar-refractivity contribution in [3.05, 3.63) is 42.5 Å². The molecule has 2 saturated heterocycles. The van der Waals surface area contributed by atoms with Crippen LogP contribution in [-0.4, -0.2) is 63.2 Å². The summed E-state index contributed by atoms with van der Waals surface area (Å²) in [6, 6.07) is 3.73. The van der Waals surface area contributed by atoms with Crippen molar-refractivity contribution in [2.75, 3.05) is 26.7 Å². The summed E-state index contributed by atoms with van der Waals surface area (Å²) in [5.41, 5.74) is 1.53. The van der Waals surface area contributed by atoms with Crippen LogP contribution in [0.4, 0.5) is 0 Å². The van der Waals surface area contributed by atoms with E-state index in [0.29, 0.717) is 17.8 Å². The molecule has 2 amide bonds. The first-order chi connectivity index (χ1) is 13.6. The normalized spacial score (nSPS) is 19.5. The molecule has 146 valence electrons. The molecule has 4 rings (SSSR count). The van der Waals surface area contributed by atoms with Crippen LogP contribution in [0, 0.1) is 5.41 Å². The second-order valence-electron chi connectivity index (χ2n) is 7.89. The molecule has 0 unspecified atom stereocenters. The number of pyridine rings is 1. The molecule has 2 aromatic rings. The van der Waals surface area contributed by atoms with Crippen LogP contribution in [-0.2, 0) is 4.79 Å². The van der Waals surface area contributed by atoms with Gasteiger partial charge in [0.25, 0.3) is 5.91 Å². The molecule has 0 saturated carbocycles. The Morgan fingerprint density at radius 1 is 1.04 bits per heavy atom. The first-order valence-corrected chi connectivity index (χ1v) is 9.82. The molecule has 4 heterocycles. The minimum Gasteiger partial charge on any atom is -0.346 e. The Hall–Kier alpha value is -2.83. The lowest BCUT2D eigenvalue weighted by Gasteiger charge is -2.41. The number of likely N-dealkylation sites (tertiary alicyclic amines) is 2. The Kier molecular flexibility index (Phi) is 5.07. The predicted octanol–water partition coefficient (Wildman–Crippen LogP) is 2.40. The quantitative estimate of drug-likeness (QED) is 0.801. The largest absolute Gasteiger partial charge is 0.346 e. The third-order valence-electron chi connectivity index (χ3n) is 6.20. The minimum atomic E-state index is -0.0191. The zero-order chi connectivity index (χ0) is 19.6. The number of aromatic nitrogens is 3. The zero-order valence-corrected chi connectivity index (χ0v) is 16.2. The van der Waals surface area contributed by atoms with E-state index in [0.717, 1.165) is 50.9 Å². The number of hydrogen-bond donors (Lipinski definition) is 0. The zero-order valence-electron chi connectivity index (χ0n) is 16.2. The van der Waals surface area contributed by atoms with Gasteiger partial charge < -0.3 is 9.80 Å².